The molecular weight excluding hydrogens is 398 g/mol. The Morgan fingerprint density at radius 1 is 1.27 bits per heavy atom. The van der Waals surface area contributed by atoms with Crippen LogP contribution in [0.5, 0.6) is 0 Å². The highest BCUT2D eigenvalue weighted by molar-refractivity contribution is 9.10. The Hall–Kier alpha value is -2.48. The number of amides is 2. The number of hydrogen-bond donors (Lipinski definition) is 2. The Morgan fingerprint density at radius 2 is 2.12 bits per heavy atom. The highest BCUT2D eigenvalue weighted by atomic mass is 79.9. The predicted molar refractivity (Wildman–Crippen MR) is 103 cm³/mol. The smallest absolute Gasteiger partial charge is 0.243 e. The molecule has 0 spiro atoms. The summed E-state index contributed by atoms with van der Waals surface area (Å²) in [6, 6.07) is 7.34. The summed E-state index contributed by atoms with van der Waals surface area (Å²) < 4.78 is 0.798. The maximum atomic E-state index is 12.4. The van der Waals surface area contributed by atoms with Crippen LogP contribution in [0.25, 0.3) is 0 Å². The number of aromatic nitrogens is 2. The molecule has 7 nitrogen and oxygen atoms in total. The molecule has 0 saturated carbocycles. The second-order valence-corrected chi connectivity index (χ2v) is 6.95. The molecule has 1 atom stereocenters. The van der Waals surface area contributed by atoms with Crippen LogP contribution in [0.3, 0.4) is 0 Å². The average molecular weight is 418 g/mol. The van der Waals surface area contributed by atoms with Crippen molar-refractivity contribution >= 4 is 39.2 Å². The number of rotatable bonds is 5. The molecule has 2 aromatic rings. The second kappa shape index (κ2) is 8.75. The molecule has 26 heavy (non-hydrogen) atoms. The standard InChI is InChI=1S/C18H20BrN5O2/c19-14-5-1-2-6-15(14)23-17(25)11-22-18(26)13-4-3-9-24(12-13)16-10-20-7-8-21-16/h1-2,5-8,10,13H,3-4,9,11-12H2,(H,22,26)(H,23,25). The second-order valence-electron chi connectivity index (χ2n) is 6.09. The van der Waals surface area contributed by atoms with E-state index in [1.165, 1.54) is 0 Å². The number of anilines is 2. The van der Waals surface area contributed by atoms with E-state index < -0.39 is 0 Å². The van der Waals surface area contributed by atoms with Gasteiger partial charge in [0.2, 0.25) is 11.8 Å². The zero-order chi connectivity index (χ0) is 18.4. The van der Waals surface area contributed by atoms with E-state index in [9.17, 15) is 9.59 Å². The number of para-hydroxylation sites is 1. The Kier molecular flexibility index (Phi) is 6.17. The Labute approximate surface area is 160 Å². The predicted octanol–water partition coefficient (Wildman–Crippen LogP) is 2.21. The van der Waals surface area contributed by atoms with E-state index >= 15 is 0 Å². The molecule has 2 amide bonds. The van der Waals surface area contributed by atoms with Gasteiger partial charge in [-0.25, -0.2) is 4.98 Å². The van der Waals surface area contributed by atoms with E-state index in [1.807, 2.05) is 18.2 Å². The largest absolute Gasteiger partial charge is 0.355 e. The van der Waals surface area contributed by atoms with Gasteiger partial charge in [0.25, 0.3) is 0 Å². The third-order valence-electron chi connectivity index (χ3n) is 4.24. The summed E-state index contributed by atoms with van der Waals surface area (Å²) in [4.78, 5) is 34.9. The van der Waals surface area contributed by atoms with Gasteiger partial charge in [-0.15, -0.1) is 0 Å². The van der Waals surface area contributed by atoms with Crippen molar-refractivity contribution in [3.63, 3.8) is 0 Å². The van der Waals surface area contributed by atoms with Crippen molar-refractivity contribution in [3.8, 4) is 0 Å². The first-order valence-electron chi connectivity index (χ1n) is 8.46. The zero-order valence-corrected chi connectivity index (χ0v) is 15.8. The van der Waals surface area contributed by atoms with Crippen LogP contribution in [0.4, 0.5) is 11.5 Å². The van der Waals surface area contributed by atoms with Gasteiger partial charge in [0, 0.05) is 30.0 Å². The third kappa shape index (κ3) is 4.78. The summed E-state index contributed by atoms with van der Waals surface area (Å²) in [5, 5.41) is 5.51. The summed E-state index contributed by atoms with van der Waals surface area (Å²) in [6.45, 7) is 1.38. The Morgan fingerprint density at radius 3 is 2.88 bits per heavy atom. The molecule has 1 aliphatic rings. The van der Waals surface area contributed by atoms with Gasteiger partial charge >= 0.3 is 0 Å². The van der Waals surface area contributed by atoms with Crippen molar-refractivity contribution in [3.05, 3.63) is 47.3 Å². The molecule has 0 radical (unpaired) electrons. The van der Waals surface area contributed by atoms with E-state index in [-0.39, 0.29) is 24.3 Å². The van der Waals surface area contributed by atoms with Gasteiger partial charge < -0.3 is 15.5 Å². The molecule has 3 rings (SSSR count). The molecule has 1 aromatic heterocycles. The molecule has 1 saturated heterocycles. The fourth-order valence-electron chi connectivity index (χ4n) is 2.92. The van der Waals surface area contributed by atoms with Crippen molar-refractivity contribution in [1.29, 1.82) is 0 Å². The van der Waals surface area contributed by atoms with Crippen LogP contribution in [-0.4, -0.2) is 41.4 Å². The topological polar surface area (TPSA) is 87.2 Å². The maximum Gasteiger partial charge on any atom is 0.243 e. The van der Waals surface area contributed by atoms with E-state index in [1.54, 1.807) is 24.7 Å². The first kappa shape index (κ1) is 18.3. The molecular formula is C18H20BrN5O2. The molecule has 136 valence electrons. The number of hydrogen-bond acceptors (Lipinski definition) is 5. The van der Waals surface area contributed by atoms with E-state index in [0.717, 1.165) is 29.7 Å². The van der Waals surface area contributed by atoms with Crippen LogP contribution < -0.4 is 15.5 Å². The van der Waals surface area contributed by atoms with E-state index in [4.69, 9.17) is 0 Å². The maximum absolute atomic E-state index is 12.4. The van der Waals surface area contributed by atoms with Crippen molar-refractivity contribution in [2.24, 2.45) is 5.92 Å². The quantitative estimate of drug-likeness (QED) is 0.778. The van der Waals surface area contributed by atoms with Gasteiger partial charge in [0.15, 0.2) is 0 Å². The zero-order valence-electron chi connectivity index (χ0n) is 14.2. The molecule has 1 aliphatic heterocycles. The molecule has 1 fully saturated rings. The van der Waals surface area contributed by atoms with Crippen LogP contribution in [0, 0.1) is 5.92 Å². The summed E-state index contributed by atoms with van der Waals surface area (Å²) >= 11 is 3.38. The summed E-state index contributed by atoms with van der Waals surface area (Å²) in [5.41, 5.74) is 0.679. The lowest BCUT2D eigenvalue weighted by molar-refractivity contribution is -0.127. The van der Waals surface area contributed by atoms with Gasteiger partial charge in [-0.3, -0.25) is 14.6 Å². The van der Waals surface area contributed by atoms with Crippen molar-refractivity contribution in [2.75, 3.05) is 29.9 Å². The van der Waals surface area contributed by atoms with Crippen LogP contribution in [-0.2, 0) is 9.59 Å². The number of halogens is 1. The van der Waals surface area contributed by atoms with Crippen LogP contribution in [0.15, 0.2) is 47.3 Å². The van der Waals surface area contributed by atoms with Crippen molar-refractivity contribution in [2.45, 2.75) is 12.8 Å². The van der Waals surface area contributed by atoms with E-state index in [2.05, 4.69) is 41.4 Å². The minimum absolute atomic E-state index is 0.0538. The monoisotopic (exact) mass is 417 g/mol. The number of benzene rings is 1. The number of nitrogens with zero attached hydrogens (tertiary/aromatic N) is 3. The van der Waals surface area contributed by atoms with Gasteiger partial charge in [0.1, 0.15) is 5.82 Å². The normalized spacial score (nSPS) is 16.8. The lowest BCUT2D eigenvalue weighted by Crippen LogP contribution is -2.45. The van der Waals surface area contributed by atoms with Crippen LogP contribution in [0.1, 0.15) is 12.8 Å². The third-order valence-corrected chi connectivity index (χ3v) is 4.93. The molecule has 1 aromatic carbocycles. The summed E-state index contributed by atoms with van der Waals surface area (Å²) in [5.74, 6) is 0.242. The SMILES string of the molecule is O=C(CNC(=O)C1CCCN(c2cnccn2)C1)Nc1ccccc1Br. The lowest BCUT2D eigenvalue weighted by atomic mass is 9.97. The van der Waals surface area contributed by atoms with Gasteiger partial charge in [-0.05, 0) is 40.9 Å². The molecule has 8 heteroatoms. The fraction of sp³-hybridized carbons (Fsp3) is 0.333. The van der Waals surface area contributed by atoms with Crippen molar-refractivity contribution in [1.82, 2.24) is 15.3 Å². The molecule has 2 N–H and O–H groups in total. The molecule has 0 bridgehead atoms. The molecule has 1 unspecified atom stereocenters. The first-order chi connectivity index (χ1) is 12.6. The highest BCUT2D eigenvalue weighted by Gasteiger charge is 2.26. The Bertz CT molecular complexity index is 771. The number of piperidine rings is 1. The van der Waals surface area contributed by atoms with Crippen molar-refractivity contribution < 1.29 is 9.59 Å². The minimum Gasteiger partial charge on any atom is -0.355 e. The Balaban J connectivity index is 1.50. The number of carbonyl (C=O) groups is 2. The van der Waals surface area contributed by atoms with E-state index in [0.29, 0.717) is 12.2 Å². The first-order valence-corrected chi connectivity index (χ1v) is 9.26. The lowest BCUT2D eigenvalue weighted by Gasteiger charge is -2.32. The average Bonchev–Trinajstić information content (AvgIpc) is 2.69. The van der Waals surface area contributed by atoms with Gasteiger partial charge in [0.05, 0.1) is 24.3 Å². The fourth-order valence-corrected chi connectivity index (χ4v) is 3.31. The molecule has 0 aliphatic carbocycles. The summed E-state index contributed by atoms with van der Waals surface area (Å²) in [7, 11) is 0. The summed E-state index contributed by atoms with van der Waals surface area (Å²) in [6.07, 6.45) is 6.67. The van der Waals surface area contributed by atoms with Crippen LogP contribution in [0.2, 0.25) is 0 Å². The molecule has 2 heterocycles. The van der Waals surface area contributed by atoms with Gasteiger partial charge in [-0.2, -0.15) is 0 Å². The number of carbonyl (C=O) groups excluding carboxylic acids is 2. The highest BCUT2D eigenvalue weighted by Crippen LogP contribution is 2.22. The number of nitrogens with one attached hydrogen (secondary N) is 2. The van der Waals surface area contributed by atoms with Crippen LogP contribution >= 0.6 is 15.9 Å². The van der Waals surface area contributed by atoms with Gasteiger partial charge in [-0.1, -0.05) is 12.1 Å². The minimum atomic E-state index is -0.258.